The number of carbonyl (C=O) groups is 2. The van der Waals surface area contributed by atoms with Crippen LogP contribution in [-0.4, -0.2) is 29.3 Å². The SMILES string of the molecule is CCCCc1ccc(NC(=O)[C@H]2CC(=O)N(C3CCCCC3)C2)cc1. The molecule has 1 heterocycles. The molecule has 2 amide bonds. The standard InChI is InChI=1S/C21H30N2O2/c1-2-3-7-16-10-12-18(13-11-16)22-21(25)17-14-20(24)23(15-17)19-8-5-4-6-9-19/h10-13,17,19H,2-9,14-15H2,1H3,(H,22,25)/t17-/m0/s1. The van der Waals surface area contributed by atoms with Gasteiger partial charge in [0.2, 0.25) is 11.8 Å². The molecule has 4 nitrogen and oxygen atoms in total. The number of benzene rings is 1. The molecule has 0 spiro atoms. The molecule has 2 aliphatic rings. The number of likely N-dealkylation sites (tertiary alicyclic amines) is 1. The van der Waals surface area contributed by atoms with Crippen LogP contribution in [-0.2, 0) is 16.0 Å². The first-order chi connectivity index (χ1) is 12.2. The molecule has 1 aliphatic heterocycles. The van der Waals surface area contributed by atoms with Crippen molar-refractivity contribution in [2.24, 2.45) is 5.92 Å². The minimum absolute atomic E-state index is 0.0204. The summed E-state index contributed by atoms with van der Waals surface area (Å²) in [7, 11) is 0. The van der Waals surface area contributed by atoms with Gasteiger partial charge in [0.1, 0.15) is 0 Å². The third-order valence-electron chi connectivity index (χ3n) is 5.59. The lowest BCUT2D eigenvalue weighted by Crippen LogP contribution is -2.38. The van der Waals surface area contributed by atoms with E-state index in [-0.39, 0.29) is 17.7 Å². The summed E-state index contributed by atoms with van der Waals surface area (Å²) >= 11 is 0. The molecule has 4 heteroatoms. The highest BCUT2D eigenvalue weighted by molar-refractivity contribution is 5.97. The van der Waals surface area contributed by atoms with Crippen LogP contribution in [0.15, 0.2) is 24.3 Å². The summed E-state index contributed by atoms with van der Waals surface area (Å²) in [5.41, 5.74) is 2.13. The number of rotatable bonds is 6. The highest BCUT2D eigenvalue weighted by atomic mass is 16.2. The Kier molecular flexibility index (Phi) is 6.11. The molecule has 1 aromatic rings. The van der Waals surface area contributed by atoms with Gasteiger partial charge in [-0.05, 0) is 43.4 Å². The van der Waals surface area contributed by atoms with Gasteiger partial charge in [-0.3, -0.25) is 9.59 Å². The summed E-state index contributed by atoms with van der Waals surface area (Å²) in [6.07, 6.45) is 9.69. The highest BCUT2D eigenvalue weighted by Gasteiger charge is 2.38. The van der Waals surface area contributed by atoms with Crippen molar-refractivity contribution in [1.29, 1.82) is 0 Å². The van der Waals surface area contributed by atoms with Crippen molar-refractivity contribution >= 4 is 17.5 Å². The Balaban J connectivity index is 1.53. The molecule has 0 bridgehead atoms. The zero-order valence-corrected chi connectivity index (χ0v) is 15.3. The predicted octanol–water partition coefficient (Wildman–Crippen LogP) is 4.15. The van der Waals surface area contributed by atoms with Crippen LogP contribution in [0.25, 0.3) is 0 Å². The Hall–Kier alpha value is -1.84. The number of amides is 2. The fourth-order valence-corrected chi connectivity index (χ4v) is 4.03. The molecule has 1 saturated heterocycles. The summed E-state index contributed by atoms with van der Waals surface area (Å²) < 4.78 is 0. The molecule has 1 atom stereocenters. The molecule has 136 valence electrons. The Morgan fingerprint density at radius 2 is 1.88 bits per heavy atom. The second kappa shape index (κ2) is 8.50. The first-order valence-corrected chi connectivity index (χ1v) is 9.86. The molecular formula is C21H30N2O2. The average Bonchev–Trinajstić information content (AvgIpc) is 3.04. The lowest BCUT2D eigenvalue weighted by atomic mass is 9.94. The fraction of sp³-hybridized carbons (Fsp3) is 0.619. The number of carbonyl (C=O) groups excluding carboxylic acids is 2. The molecule has 1 saturated carbocycles. The van der Waals surface area contributed by atoms with Crippen LogP contribution < -0.4 is 5.32 Å². The van der Waals surface area contributed by atoms with Crippen LogP contribution >= 0.6 is 0 Å². The van der Waals surface area contributed by atoms with Crippen LogP contribution in [0.4, 0.5) is 5.69 Å². The van der Waals surface area contributed by atoms with Crippen LogP contribution in [0.1, 0.15) is 63.9 Å². The third-order valence-corrected chi connectivity index (χ3v) is 5.59. The number of hydrogen-bond donors (Lipinski definition) is 1. The van der Waals surface area contributed by atoms with Gasteiger partial charge < -0.3 is 10.2 Å². The quantitative estimate of drug-likeness (QED) is 0.844. The molecule has 1 aliphatic carbocycles. The van der Waals surface area contributed by atoms with Gasteiger partial charge in [0.05, 0.1) is 5.92 Å². The second-order valence-corrected chi connectivity index (χ2v) is 7.53. The van der Waals surface area contributed by atoms with Gasteiger partial charge in [-0.25, -0.2) is 0 Å². The van der Waals surface area contributed by atoms with E-state index in [0.29, 0.717) is 19.0 Å². The van der Waals surface area contributed by atoms with Gasteiger partial charge in [0.25, 0.3) is 0 Å². The molecule has 2 fully saturated rings. The summed E-state index contributed by atoms with van der Waals surface area (Å²) in [6.45, 7) is 2.78. The Bertz CT molecular complexity index is 590. The molecule has 3 rings (SSSR count). The number of nitrogens with zero attached hydrogens (tertiary/aromatic N) is 1. The maximum Gasteiger partial charge on any atom is 0.229 e. The zero-order valence-electron chi connectivity index (χ0n) is 15.3. The maximum atomic E-state index is 12.6. The molecule has 0 radical (unpaired) electrons. The topological polar surface area (TPSA) is 49.4 Å². The van der Waals surface area contributed by atoms with Gasteiger partial charge >= 0.3 is 0 Å². The van der Waals surface area contributed by atoms with Crippen molar-refractivity contribution in [2.75, 3.05) is 11.9 Å². The average molecular weight is 342 g/mol. The van der Waals surface area contributed by atoms with Crippen molar-refractivity contribution in [2.45, 2.75) is 70.8 Å². The van der Waals surface area contributed by atoms with E-state index in [4.69, 9.17) is 0 Å². The molecular weight excluding hydrogens is 312 g/mol. The minimum atomic E-state index is -0.214. The number of anilines is 1. The van der Waals surface area contributed by atoms with Crippen LogP contribution in [0.2, 0.25) is 0 Å². The van der Waals surface area contributed by atoms with Crippen LogP contribution in [0, 0.1) is 5.92 Å². The largest absolute Gasteiger partial charge is 0.339 e. The fourth-order valence-electron chi connectivity index (χ4n) is 4.03. The van der Waals surface area contributed by atoms with Crippen molar-refractivity contribution in [3.05, 3.63) is 29.8 Å². The van der Waals surface area contributed by atoms with E-state index in [1.165, 1.54) is 37.7 Å². The smallest absolute Gasteiger partial charge is 0.229 e. The summed E-state index contributed by atoms with van der Waals surface area (Å²) in [5.74, 6) is -0.0795. The van der Waals surface area contributed by atoms with Crippen LogP contribution in [0.3, 0.4) is 0 Å². The van der Waals surface area contributed by atoms with Gasteiger partial charge in [0.15, 0.2) is 0 Å². The summed E-state index contributed by atoms with van der Waals surface area (Å²) in [5, 5.41) is 2.99. The van der Waals surface area contributed by atoms with Crippen LogP contribution in [0.5, 0.6) is 0 Å². The number of nitrogens with one attached hydrogen (secondary N) is 1. The van der Waals surface area contributed by atoms with Crippen molar-refractivity contribution < 1.29 is 9.59 Å². The van der Waals surface area contributed by atoms with Crippen molar-refractivity contribution in [3.8, 4) is 0 Å². The predicted molar refractivity (Wildman–Crippen MR) is 100 cm³/mol. The lowest BCUT2D eigenvalue weighted by Gasteiger charge is -2.31. The minimum Gasteiger partial charge on any atom is -0.339 e. The van der Waals surface area contributed by atoms with Gasteiger partial charge in [-0.1, -0.05) is 44.7 Å². The first kappa shape index (κ1) is 18.0. The Morgan fingerprint density at radius 3 is 2.56 bits per heavy atom. The number of hydrogen-bond acceptors (Lipinski definition) is 2. The van der Waals surface area contributed by atoms with E-state index in [1.54, 1.807) is 0 Å². The number of unbranched alkanes of at least 4 members (excludes halogenated alkanes) is 1. The molecule has 0 aromatic heterocycles. The van der Waals surface area contributed by atoms with Gasteiger partial charge in [0, 0.05) is 24.7 Å². The Labute approximate surface area is 151 Å². The first-order valence-electron chi connectivity index (χ1n) is 9.86. The zero-order chi connectivity index (χ0) is 17.6. The van der Waals surface area contributed by atoms with Crippen molar-refractivity contribution in [1.82, 2.24) is 4.90 Å². The van der Waals surface area contributed by atoms with E-state index in [0.717, 1.165) is 24.9 Å². The summed E-state index contributed by atoms with van der Waals surface area (Å²) in [4.78, 5) is 26.9. The van der Waals surface area contributed by atoms with E-state index >= 15 is 0 Å². The lowest BCUT2D eigenvalue weighted by molar-refractivity contribution is -0.130. The maximum absolute atomic E-state index is 12.6. The molecule has 1 N–H and O–H groups in total. The second-order valence-electron chi connectivity index (χ2n) is 7.53. The Morgan fingerprint density at radius 1 is 1.16 bits per heavy atom. The van der Waals surface area contributed by atoms with Crippen molar-refractivity contribution in [3.63, 3.8) is 0 Å². The molecule has 1 aromatic carbocycles. The number of aryl methyl sites for hydroxylation is 1. The highest BCUT2D eigenvalue weighted by Crippen LogP contribution is 2.29. The monoisotopic (exact) mass is 342 g/mol. The van der Waals surface area contributed by atoms with Gasteiger partial charge in [-0.2, -0.15) is 0 Å². The molecule has 0 unspecified atom stereocenters. The van der Waals surface area contributed by atoms with E-state index in [9.17, 15) is 9.59 Å². The normalized spacial score (nSPS) is 21.6. The van der Waals surface area contributed by atoms with E-state index < -0.39 is 0 Å². The van der Waals surface area contributed by atoms with E-state index in [1.807, 2.05) is 17.0 Å². The van der Waals surface area contributed by atoms with E-state index in [2.05, 4.69) is 24.4 Å². The third kappa shape index (κ3) is 4.62. The van der Waals surface area contributed by atoms with Gasteiger partial charge in [-0.15, -0.1) is 0 Å². The summed E-state index contributed by atoms with van der Waals surface area (Å²) in [6, 6.07) is 8.47. The molecule has 25 heavy (non-hydrogen) atoms.